The van der Waals surface area contributed by atoms with Gasteiger partial charge in [0, 0.05) is 17.5 Å². The minimum absolute atomic E-state index is 0.0271. The molecule has 1 atom stereocenters. The fourth-order valence-corrected chi connectivity index (χ4v) is 3.53. The van der Waals surface area contributed by atoms with Crippen LogP contribution in [0.15, 0.2) is 42.0 Å². The molecule has 1 aromatic carbocycles. The molecular weight excluding hydrogens is 428 g/mol. The maximum Gasteiger partial charge on any atom is 0.418 e. The predicted octanol–water partition coefficient (Wildman–Crippen LogP) is 3.47. The third kappa shape index (κ3) is 6.34. The van der Waals surface area contributed by atoms with Gasteiger partial charge in [-0.25, -0.2) is 19.3 Å². The number of carbonyl (C=O) groups excluding carboxylic acids is 4. The van der Waals surface area contributed by atoms with Crippen LogP contribution in [0.5, 0.6) is 0 Å². The third-order valence-corrected chi connectivity index (χ3v) is 5.45. The van der Waals surface area contributed by atoms with Gasteiger partial charge in [-0.05, 0) is 45.6 Å². The molecule has 1 N–H and O–H groups in total. The number of esters is 1. The summed E-state index contributed by atoms with van der Waals surface area (Å²) in [6, 6.07) is 8.27. The summed E-state index contributed by atoms with van der Waals surface area (Å²) < 4.78 is 15.4. The summed E-state index contributed by atoms with van der Waals surface area (Å²) in [6.45, 7) is 5.19. The number of ether oxygens (including phenoxy) is 3. The minimum Gasteiger partial charge on any atom is -0.467 e. The molecule has 9 heteroatoms. The zero-order chi connectivity index (χ0) is 24.2. The Hall–Kier alpha value is -3.36. The lowest BCUT2D eigenvalue weighted by Crippen LogP contribution is -2.45. The van der Waals surface area contributed by atoms with Crippen LogP contribution in [0.4, 0.5) is 9.59 Å². The molecule has 178 valence electrons. The highest BCUT2D eigenvalue weighted by Crippen LogP contribution is 2.40. The lowest BCUT2D eigenvalue weighted by atomic mass is 10.1. The Morgan fingerprint density at radius 3 is 2.42 bits per heavy atom. The summed E-state index contributed by atoms with van der Waals surface area (Å²) >= 11 is 0. The number of carbonyl (C=O) groups is 4. The number of rotatable bonds is 6. The lowest BCUT2D eigenvalue weighted by Gasteiger charge is -2.25. The molecule has 3 rings (SSSR count). The van der Waals surface area contributed by atoms with Crippen LogP contribution in [0.3, 0.4) is 0 Å². The van der Waals surface area contributed by atoms with Crippen molar-refractivity contribution in [3.63, 3.8) is 0 Å². The molecule has 3 amide bonds. The van der Waals surface area contributed by atoms with Crippen LogP contribution in [0.2, 0.25) is 0 Å². The number of methoxy groups -OCH3 is 1. The van der Waals surface area contributed by atoms with E-state index in [0.717, 1.165) is 23.3 Å². The molecule has 9 nitrogen and oxygen atoms in total. The maximum atomic E-state index is 12.9. The Morgan fingerprint density at radius 2 is 1.85 bits per heavy atom. The van der Waals surface area contributed by atoms with Crippen molar-refractivity contribution in [2.75, 3.05) is 7.11 Å². The van der Waals surface area contributed by atoms with Crippen molar-refractivity contribution in [1.82, 2.24) is 10.2 Å². The molecule has 0 bridgehead atoms. The van der Waals surface area contributed by atoms with Crippen LogP contribution in [0.1, 0.15) is 52.0 Å². The molecule has 1 saturated carbocycles. The van der Waals surface area contributed by atoms with Gasteiger partial charge in [-0.2, -0.15) is 0 Å². The molecule has 2 aliphatic rings. The van der Waals surface area contributed by atoms with Crippen molar-refractivity contribution in [2.24, 2.45) is 0 Å². The summed E-state index contributed by atoms with van der Waals surface area (Å²) in [7, 11) is 1.20. The second-order valence-electron chi connectivity index (χ2n) is 9.30. The average Bonchev–Trinajstić information content (AvgIpc) is 3.43. The van der Waals surface area contributed by atoms with Crippen molar-refractivity contribution in [3.05, 3.63) is 47.5 Å². The van der Waals surface area contributed by atoms with Crippen molar-refractivity contribution >= 4 is 24.1 Å². The van der Waals surface area contributed by atoms with E-state index >= 15 is 0 Å². The summed E-state index contributed by atoms with van der Waals surface area (Å²) in [6.07, 6.45) is 2.13. The van der Waals surface area contributed by atoms with E-state index in [0.29, 0.717) is 12.0 Å². The second-order valence-corrected chi connectivity index (χ2v) is 9.30. The first-order chi connectivity index (χ1) is 15.5. The quantitative estimate of drug-likeness (QED) is 0.395. The van der Waals surface area contributed by atoms with E-state index in [1.54, 1.807) is 26.8 Å². The molecule has 33 heavy (non-hydrogen) atoms. The van der Waals surface area contributed by atoms with Gasteiger partial charge in [0.05, 0.1) is 7.11 Å². The number of hydrogen-bond acceptors (Lipinski definition) is 7. The normalized spacial score (nSPS) is 20.4. The van der Waals surface area contributed by atoms with Crippen LogP contribution in [0.25, 0.3) is 0 Å². The standard InChI is InChI=1S/C24H30N2O7/c1-23(2,3)33-22(30)26-18(20(28)31-4)14-17(19(26)27)10-11-24(12-13-24)25-21(29)32-15-16-8-6-5-7-9-16/h5-10,18H,11-15H2,1-4H3,(H,25,29)/b17-10+/t18-/m0/s1. The van der Waals surface area contributed by atoms with Crippen LogP contribution in [-0.4, -0.2) is 53.3 Å². The highest BCUT2D eigenvalue weighted by atomic mass is 16.6. The maximum absolute atomic E-state index is 12.9. The van der Waals surface area contributed by atoms with Crippen LogP contribution < -0.4 is 5.32 Å². The molecule has 2 fully saturated rings. The van der Waals surface area contributed by atoms with Crippen LogP contribution in [-0.2, 0) is 30.4 Å². The zero-order valence-corrected chi connectivity index (χ0v) is 19.4. The fourth-order valence-electron chi connectivity index (χ4n) is 3.53. The molecule has 1 aliphatic carbocycles. The van der Waals surface area contributed by atoms with E-state index in [1.165, 1.54) is 7.11 Å². The number of nitrogens with zero attached hydrogens (tertiary/aromatic N) is 1. The number of imide groups is 1. The number of likely N-dealkylation sites (tertiary alicyclic amines) is 1. The van der Waals surface area contributed by atoms with Crippen LogP contribution in [0, 0.1) is 0 Å². The first-order valence-corrected chi connectivity index (χ1v) is 10.9. The largest absolute Gasteiger partial charge is 0.467 e. The Kier molecular flexibility index (Phi) is 7.09. The molecule has 1 saturated heterocycles. The highest BCUT2D eigenvalue weighted by Gasteiger charge is 2.48. The first kappa shape index (κ1) is 24.3. The van der Waals surface area contributed by atoms with Crippen molar-refractivity contribution in [2.45, 2.75) is 70.2 Å². The van der Waals surface area contributed by atoms with Gasteiger partial charge in [0.25, 0.3) is 5.91 Å². The van der Waals surface area contributed by atoms with E-state index in [2.05, 4.69) is 5.32 Å². The van der Waals surface area contributed by atoms with Gasteiger partial charge in [-0.15, -0.1) is 0 Å². The van der Waals surface area contributed by atoms with Crippen molar-refractivity contribution in [1.29, 1.82) is 0 Å². The topological polar surface area (TPSA) is 111 Å². The molecule has 0 spiro atoms. The molecular formula is C24H30N2O7. The smallest absolute Gasteiger partial charge is 0.418 e. The zero-order valence-electron chi connectivity index (χ0n) is 19.4. The number of benzene rings is 1. The lowest BCUT2D eigenvalue weighted by molar-refractivity contribution is -0.148. The highest BCUT2D eigenvalue weighted by molar-refractivity contribution is 6.08. The Bertz CT molecular complexity index is 945. The van der Waals surface area contributed by atoms with Gasteiger partial charge in [-0.1, -0.05) is 36.4 Å². The summed E-state index contributed by atoms with van der Waals surface area (Å²) in [5.74, 6) is -1.29. The molecule has 0 radical (unpaired) electrons. The van der Waals surface area contributed by atoms with E-state index in [4.69, 9.17) is 14.2 Å². The molecule has 1 aromatic rings. The Morgan fingerprint density at radius 1 is 1.18 bits per heavy atom. The van der Waals surface area contributed by atoms with E-state index < -0.39 is 41.2 Å². The van der Waals surface area contributed by atoms with Crippen LogP contribution >= 0.6 is 0 Å². The molecule has 1 aliphatic heterocycles. The number of alkyl carbamates (subject to hydrolysis) is 1. The van der Waals surface area contributed by atoms with E-state index in [-0.39, 0.29) is 13.0 Å². The second kappa shape index (κ2) is 9.64. The molecule has 1 heterocycles. The van der Waals surface area contributed by atoms with E-state index in [9.17, 15) is 19.2 Å². The van der Waals surface area contributed by atoms with Crippen molar-refractivity contribution in [3.8, 4) is 0 Å². The molecule has 0 unspecified atom stereocenters. The number of nitrogens with one attached hydrogen (secondary N) is 1. The van der Waals surface area contributed by atoms with Gasteiger partial charge in [-0.3, -0.25) is 4.79 Å². The van der Waals surface area contributed by atoms with Gasteiger partial charge in [0.15, 0.2) is 0 Å². The first-order valence-electron chi connectivity index (χ1n) is 10.9. The van der Waals surface area contributed by atoms with Crippen molar-refractivity contribution < 1.29 is 33.4 Å². The Labute approximate surface area is 193 Å². The summed E-state index contributed by atoms with van der Waals surface area (Å²) in [5.41, 5.74) is -0.137. The van der Waals surface area contributed by atoms with Gasteiger partial charge < -0.3 is 19.5 Å². The number of hydrogen-bond donors (Lipinski definition) is 1. The average molecular weight is 459 g/mol. The van der Waals surface area contributed by atoms with Gasteiger partial charge in [0.1, 0.15) is 18.2 Å². The van der Waals surface area contributed by atoms with Gasteiger partial charge >= 0.3 is 18.2 Å². The molecule has 0 aromatic heterocycles. The van der Waals surface area contributed by atoms with E-state index in [1.807, 2.05) is 30.3 Å². The third-order valence-electron chi connectivity index (χ3n) is 5.45. The summed E-state index contributed by atoms with van der Waals surface area (Å²) in [4.78, 5) is 50.7. The summed E-state index contributed by atoms with van der Waals surface area (Å²) in [5, 5.41) is 2.87. The van der Waals surface area contributed by atoms with Gasteiger partial charge in [0.2, 0.25) is 0 Å². The SMILES string of the molecule is COC(=O)[C@@H]1C/C(=C\CC2(NC(=O)OCc3ccccc3)CC2)C(=O)N1C(=O)OC(C)(C)C. The predicted molar refractivity (Wildman–Crippen MR) is 118 cm³/mol. The number of amides is 3. The minimum atomic E-state index is -1.08. The monoisotopic (exact) mass is 458 g/mol. The Balaban J connectivity index is 1.63. The fraction of sp³-hybridized carbons (Fsp3) is 0.500.